The van der Waals surface area contributed by atoms with Crippen LogP contribution in [0.4, 0.5) is 0 Å². The lowest BCUT2D eigenvalue weighted by molar-refractivity contribution is 0.247. The highest BCUT2D eigenvalue weighted by molar-refractivity contribution is 5.46. The van der Waals surface area contributed by atoms with Gasteiger partial charge >= 0.3 is 0 Å². The van der Waals surface area contributed by atoms with Crippen molar-refractivity contribution in [3.63, 3.8) is 0 Å². The molecule has 3 aliphatic carbocycles. The van der Waals surface area contributed by atoms with Crippen molar-refractivity contribution in [1.82, 2.24) is 0 Å². The van der Waals surface area contributed by atoms with Gasteiger partial charge in [-0.2, -0.15) is 0 Å². The third kappa shape index (κ3) is 2.07. The number of rotatable bonds is 2. The van der Waals surface area contributed by atoms with Gasteiger partial charge in [0.05, 0.1) is 0 Å². The Morgan fingerprint density at radius 1 is 1.06 bits per heavy atom. The monoisotopic (exact) mass is 212 g/mol. The predicted molar refractivity (Wildman–Crippen MR) is 69.1 cm³/mol. The van der Waals surface area contributed by atoms with Crippen LogP contribution in [0, 0.1) is 11.8 Å². The van der Waals surface area contributed by atoms with Crippen LogP contribution in [-0.2, 0) is 0 Å². The summed E-state index contributed by atoms with van der Waals surface area (Å²) in [6, 6.07) is 0. The first-order valence-corrected chi connectivity index (χ1v) is 6.66. The molecule has 3 aliphatic rings. The summed E-state index contributed by atoms with van der Waals surface area (Å²) in [6.07, 6.45) is 22.0. The van der Waals surface area contributed by atoms with E-state index < -0.39 is 0 Å². The molecule has 1 fully saturated rings. The van der Waals surface area contributed by atoms with E-state index in [0.29, 0.717) is 0 Å². The quantitative estimate of drug-likeness (QED) is 0.629. The Kier molecular flexibility index (Phi) is 2.82. The molecule has 0 aliphatic heterocycles. The zero-order chi connectivity index (χ0) is 10.8. The van der Waals surface area contributed by atoms with Crippen LogP contribution in [0.25, 0.3) is 0 Å². The standard InChI is InChI=1S/C16H20/c1-2-7-15-10-9-14(11-13-5-4-6-13)12-16(15)8-3-1/h1-3,7-8,10,13-14H,4-6,9,11-12H2. The molecular weight excluding hydrogens is 192 g/mol. The van der Waals surface area contributed by atoms with E-state index in [9.17, 15) is 0 Å². The van der Waals surface area contributed by atoms with Crippen LogP contribution in [0.1, 0.15) is 38.5 Å². The molecule has 0 heteroatoms. The Morgan fingerprint density at radius 3 is 2.81 bits per heavy atom. The summed E-state index contributed by atoms with van der Waals surface area (Å²) in [6.45, 7) is 0. The molecule has 16 heavy (non-hydrogen) atoms. The number of hydrogen-bond acceptors (Lipinski definition) is 0. The van der Waals surface area contributed by atoms with Gasteiger partial charge in [-0.15, -0.1) is 0 Å². The lowest BCUT2D eigenvalue weighted by Gasteiger charge is -2.31. The van der Waals surface area contributed by atoms with Gasteiger partial charge in [-0.05, 0) is 42.2 Å². The topological polar surface area (TPSA) is 0 Å². The summed E-state index contributed by atoms with van der Waals surface area (Å²) in [4.78, 5) is 0. The number of hydrogen-bond donors (Lipinski definition) is 0. The zero-order valence-electron chi connectivity index (χ0n) is 9.86. The van der Waals surface area contributed by atoms with Gasteiger partial charge in [0.2, 0.25) is 0 Å². The van der Waals surface area contributed by atoms with E-state index in [0.717, 1.165) is 11.8 Å². The molecule has 1 unspecified atom stereocenters. The molecule has 3 rings (SSSR count). The Bertz CT molecular complexity index is 375. The van der Waals surface area contributed by atoms with Crippen molar-refractivity contribution < 1.29 is 0 Å². The van der Waals surface area contributed by atoms with Crippen LogP contribution in [0.2, 0.25) is 0 Å². The minimum Gasteiger partial charge on any atom is -0.0767 e. The highest BCUT2D eigenvalue weighted by atomic mass is 14.3. The first-order valence-electron chi connectivity index (χ1n) is 6.66. The van der Waals surface area contributed by atoms with E-state index in [2.05, 4.69) is 36.5 Å². The van der Waals surface area contributed by atoms with Crippen molar-refractivity contribution in [3.05, 3.63) is 47.6 Å². The second kappa shape index (κ2) is 4.45. The Hall–Kier alpha value is -1.04. The Morgan fingerprint density at radius 2 is 2.00 bits per heavy atom. The van der Waals surface area contributed by atoms with Crippen LogP contribution in [0.15, 0.2) is 47.6 Å². The summed E-state index contributed by atoms with van der Waals surface area (Å²) < 4.78 is 0. The fourth-order valence-electron chi connectivity index (χ4n) is 3.05. The smallest absolute Gasteiger partial charge is 0.0241 e. The van der Waals surface area contributed by atoms with Gasteiger partial charge in [0.15, 0.2) is 0 Å². The minimum absolute atomic E-state index is 0.917. The van der Waals surface area contributed by atoms with Crippen LogP contribution < -0.4 is 0 Å². The maximum Gasteiger partial charge on any atom is -0.0241 e. The molecule has 0 saturated heterocycles. The molecule has 84 valence electrons. The average Bonchev–Trinajstić information content (AvgIpc) is 2.48. The molecule has 0 nitrogen and oxygen atoms in total. The maximum atomic E-state index is 2.45. The van der Waals surface area contributed by atoms with Crippen molar-refractivity contribution >= 4 is 0 Å². The van der Waals surface area contributed by atoms with Crippen molar-refractivity contribution in [3.8, 4) is 0 Å². The first-order chi connectivity index (χ1) is 7.92. The lowest BCUT2D eigenvalue weighted by Crippen LogP contribution is -2.18. The van der Waals surface area contributed by atoms with Gasteiger partial charge in [-0.25, -0.2) is 0 Å². The van der Waals surface area contributed by atoms with E-state index in [1.54, 1.807) is 5.57 Å². The molecule has 1 saturated carbocycles. The highest BCUT2D eigenvalue weighted by Gasteiger charge is 2.24. The predicted octanol–water partition coefficient (Wildman–Crippen LogP) is 4.57. The molecule has 0 aromatic heterocycles. The fraction of sp³-hybridized carbons (Fsp3) is 0.500. The lowest BCUT2D eigenvalue weighted by atomic mass is 9.74. The van der Waals surface area contributed by atoms with Crippen LogP contribution >= 0.6 is 0 Å². The van der Waals surface area contributed by atoms with Gasteiger partial charge in [0, 0.05) is 0 Å². The van der Waals surface area contributed by atoms with Crippen LogP contribution in [0.3, 0.4) is 0 Å². The van der Waals surface area contributed by atoms with E-state index in [4.69, 9.17) is 0 Å². The van der Waals surface area contributed by atoms with Gasteiger partial charge in [0.25, 0.3) is 0 Å². The second-order valence-electron chi connectivity index (χ2n) is 5.43. The van der Waals surface area contributed by atoms with E-state index >= 15 is 0 Å². The van der Waals surface area contributed by atoms with Crippen molar-refractivity contribution in [1.29, 1.82) is 0 Å². The van der Waals surface area contributed by atoms with Crippen molar-refractivity contribution in [2.45, 2.75) is 38.5 Å². The number of fused-ring (bicyclic) bond motifs is 1. The summed E-state index contributed by atoms with van der Waals surface area (Å²) in [5.41, 5.74) is 3.02. The molecule has 0 aromatic rings. The van der Waals surface area contributed by atoms with Crippen molar-refractivity contribution in [2.75, 3.05) is 0 Å². The summed E-state index contributed by atoms with van der Waals surface area (Å²) in [7, 11) is 0. The normalized spacial score (nSPS) is 28.9. The van der Waals surface area contributed by atoms with E-state index in [1.165, 1.54) is 44.1 Å². The highest BCUT2D eigenvalue weighted by Crippen LogP contribution is 2.39. The average molecular weight is 212 g/mol. The molecule has 0 heterocycles. The third-order valence-electron chi connectivity index (χ3n) is 4.24. The SMILES string of the molecule is C1=CC=C2CC(CC3CCC3)CC=C2C=C1. The molecular formula is C16H20. The second-order valence-corrected chi connectivity index (χ2v) is 5.43. The van der Waals surface area contributed by atoms with Crippen LogP contribution in [-0.4, -0.2) is 0 Å². The third-order valence-corrected chi connectivity index (χ3v) is 4.24. The van der Waals surface area contributed by atoms with E-state index in [1.807, 2.05) is 0 Å². The molecule has 0 spiro atoms. The number of allylic oxidation sites excluding steroid dienone is 8. The van der Waals surface area contributed by atoms with Gasteiger partial charge in [0.1, 0.15) is 0 Å². The Balaban J connectivity index is 1.69. The Labute approximate surface area is 98.4 Å². The van der Waals surface area contributed by atoms with Crippen molar-refractivity contribution in [2.24, 2.45) is 11.8 Å². The minimum atomic E-state index is 0.917. The summed E-state index contributed by atoms with van der Waals surface area (Å²) >= 11 is 0. The van der Waals surface area contributed by atoms with E-state index in [-0.39, 0.29) is 0 Å². The molecule has 0 amide bonds. The van der Waals surface area contributed by atoms with Crippen LogP contribution in [0.5, 0.6) is 0 Å². The largest absolute Gasteiger partial charge is 0.0767 e. The van der Waals surface area contributed by atoms with Gasteiger partial charge < -0.3 is 0 Å². The maximum absolute atomic E-state index is 2.45. The molecule has 0 N–H and O–H groups in total. The summed E-state index contributed by atoms with van der Waals surface area (Å²) in [5.74, 6) is 1.97. The zero-order valence-corrected chi connectivity index (χ0v) is 9.86. The van der Waals surface area contributed by atoms with Gasteiger partial charge in [-0.1, -0.05) is 55.7 Å². The fourth-order valence-corrected chi connectivity index (χ4v) is 3.05. The van der Waals surface area contributed by atoms with Gasteiger partial charge in [-0.3, -0.25) is 0 Å². The molecule has 0 aromatic carbocycles. The molecule has 1 atom stereocenters. The molecule has 0 bridgehead atoms. The molecule has 0 radical (unpaired) electrons. The summed E-state index contributed by atoms with van der Waals surface area (Å²) in [5, 5.41) is 0. The first kappa shape index (κ1) is 10.1.